The molecule has 0 aliphatic carbocycles. The van der Waals surface area contributed by atoms with Gasteiger partial charge in [-0.15, -0.1) is 0 Å². The molecule has 0 amide bonds. The fraction of sp³-hybridized carbons (Fsp3) is 0.120. The number of hydrogen-bond acceptors (Lipinski definition) is 6. The zero-order chi connectivity index (χ0) is 23.6. The second-order valence-electron chi connectivity index (χ2n) is 7.50. The summed E-state index contributed by atoms with van der Waals surface area (Å²) in [6.07, 6.45) is 1.45. The summed E-state index contributed by atoms with van der Waals surface area (Å²) in [4.78, 5) is 37.0. The predicted molar refractivity (Wildman–Crippen MR) is 118 cm³/mol. The molecule has 4 rings (SSSR count). The minimum Gasteiger partial charge on any atom is -0.467 e. The highest BCUT2D eigenvalue weighted by molar-refractivity contribution is 6.11. The molecule has 33 heavy (non-hydrogen) atoms. The lowest BCUT2D eigenvalue weighted by Crippen LogP contribution is -2.46. The van der Waals surface area contributed by atoms with Gasteiger partial charge >= 0.3 is 5.97 Å². The number of nitrogens with zero attached hydrogens (tertiary/aromatic N) is 1. The smallest absolute Gasteiger partial charge is 0.334 e. The number of carbonyl (C=O) groups excluding carboxylic acids is 2. The van der Waals surface area contributed by atoms with E-state index in [1.165, 1.54) is 55.7 Å². The molecule has 3 aromatic rings. The number of nitro benzene ring substituents is 1. The van der Waals surface area contributed by atoms with Crippen molar-refractivity contribution in [2.45, 2.75) is 11.6 Å². The van der Waals surface area contributed by atoms with Gasteiger partial charge in [0.1, 0.15) is 5.82 Å². The van der Waals surface area contributed by atoms with Crippen molar-refractivity contribution >= 4 is 17.4 Å². The summed E-state index contributed by atoms with van der Waals surface area (Å²) >= 11 is 0. The number of benzene rings is 3. The molecule has 1 aliphatic rings. The number of ketones is 1. The molecule has 0 aromatic heterocycles. The average Bonchev–Trinajstić information content (AvgIpc) is 3.26. The highest BCUT2D eigenvalue weighted by Crippen LogP contribution is 2.41. The molecule has 0 saturated heterocycles. The summed E-state index contributed by atoms with van der Waals surface area (Å²) in [6, 6.07) is 19.0. The second kappa shape index (κ2) is 8.76. The lowest BCUT2D eigenvalue weighted by molar-refractivity contribution is -0.384. The van der Waals surface area contributed by atoms with Crippen molar-refractivity contribution < 1.29 is 23.6 Å². The van der Waals surface area contributed by atoms with Gasteiger partial charge in [-0.2, -0.15) is 0 Å². The third-order valence-corrected chi connectivity index (χ3v) is 5.61. The van der Waals surface area contributed by atoms with Crippen LogP contribution < -0.4 is 5.32 Å². The molecule has 8 heteroatoms. The van der Waals surface area contributed by atoms with Gasteiger partial charge < -0.3 is 4.74 Å². The van der Waals surface area contributed by atoms with Crippen LogP contribution in [0.4, 0.5) is 10.1 Å². The number of esters is 1. The first kappa shape index (κ1) is 22.0. The maximum absolute atomic E-state index is 14.5. The van der Waals surface area contributed by atoms with Crippen molar-refractivity contribution in [2.24, 2.45) is 0 Å². The van der Waals surface area contributed by atoms with Crippen LogP contribution in [-0.2, 0) is 15.1 Å². The highest BCUT2D eigenvalue weighted by atomic mass is 19.1. The Morgan fingerprint density at radius 2 is 1.64 bits per heavy atom. The molecular formula is C25H19FN2O5. The van der Waals surface area contributed by atoms with E-state index in [-0.39, 0.29) is 16.8 Å². The van der Waals surface area contributed by atoms with Crippen LogP contribution in [0.5, 0.6) is 0 Å². The summed E-state index contributed by atoms with van der Waals surface area (Å²) in [7, 11) is 1.24. The average molecular weight is 446 g/mol. The van der Waals surface area contributed by atoms with Crippen LogP contribution in [0.3, 0.4) is 0 Å². The lowest BCUT2D eigenvalue weighted by Gasteiger charge is -2.28. The molecule has 3 aromatic carbocycles. The van der Waals surface area contributed by atoms with Crippen molar-refractivity contribution in [2.75, 3.05) is 7.11 Å². The normalized spacial score (nSPS) is 19.6. The summed E-state index contributed by atoms with van der Waals surface area (Å²) < 4.78 is 19.5. The van der Waals surface area contributed by atoms with Crippen LogP contribution >= 0.6 is 0 Å². The number of hydrogen-bond donors (Lipinski definition) is 1. The SMILES string of the molecule is COC(=O)[C@]1(c2ccccc2)C=C(C(=O)c2ccccc2F)[C@H](c2ccc([N+](=O)[O-])cc2)N1. The van der Waals surface area contributed by atoms with E-state index in [9.17, 15) is 24.1 Å². The van der Waals surface area contributed by atoms with Gasteiger partial charge in [-0.3, -0.25) is 20.2 Å². The standard InChI is InChI=1S/C25H19FN2O5/c1-33-24(30)25(17-7-3-2-4-8-17)15-20(23(29)19-9-5-6-10-21(19)26)22(27-25)16-11-13-18(14-12-16)28(31)32/h2-15,22,27H,1H3/t22-,25+/m0/s1. The van der Waals surface area contributed by atoms with Gasteiger partial charge in [-0.25, -0.2) is 9.18 Å². The minimum absolute atomic E-state index is 0.120. The lowest BCUT2D eigenvalue weighted by atomic mass is 9.89. The van der Waals surface area contributed by atoms with E-state index in [0.29, 0.717) is 11.1 Å². The molecular weight excluding hydrogens is 427 g/mol. The number of halogens is 1. The number of rotatable bonds is 6. The van der Waals surface area contributed by atoms with Crippen molar-refractivity contribution in [3.63, 3.8) is 0 Å². The molecule has 0 radical (unpaired) electrons. The quantitative estimate of drug-likeness (QED) is 0.263. The second-order valence-corrected chi connectivity index (χ2v) is 7.50. The topological polar surface area (TPSA) is 98.5 Å². The number of non-ortho nitro benzene ring substituents is 1. The van der Waals surface area contributed by atoms with Gasteiger partial charge in [-0.05, 0) is 29.3 Å². The van der Waals surface area contributed by atoms with Gasteiger partial charge in [0.2, 0.25) is 0 Å². The number of carbonyl (C=O) groups is 2. The molecule has 1 N–H and O–H groups in total. The number of Topliss-reactive ketones (excluding diaryl/α,β-unsaturated/α-hetero) is 1. The van der Waals surface area contributed by atoms with Crippen molar-refractivity contribution in [3.8, 4) is 0 Å². The molecule has 0 unspecified atom stereocenters. The van der Waals surface area contributed by atoms with E-state index in [1.54, 1.807) is 36.4 Å². The van der Waals surface area contributed by atoms with E-state index < -0.39 is 34.1 Å². The first-order valence-electron chi connectivity index (χ1n) is 10.1. The Morgan fingerprint density at radius 3 is 2.24 bits per heavy atom. The van der Waals surface area contributed by atoms with Crippen LogP contribution in [0.2, 0.25) is 0 Å². The molecule has 0 saturated carbocycles. The Bertz CT molecular complexity index is 1260. The predicted octanol–water partition coefficient (Wildman–Crippen LogP) is 4.26. The van der Waals surface area contributed by atoms with Crippen LogP contribution in [0, 0.1) is 15.9 Å². The van der Waals surface area contributed by atoms with Crippen LogP contribution in [-0.4, -0.2) is 23.8 Å². The summed E-state index contributed by atoms with van der Waals surface area (Å²) in [6.45, 7) is 0. The Balaban J connectivity index is 1.89. The van der Waals surface area contributed by atoms with Gasteiger partial charge in [0.05, 0.1) is 23.6 Å². The number of nitro groups is 1. The fourth-order valence-electron chi connectivity index (χ4n) is 3.98. The molecule has 0 bridgehead atoms. The van der Waals surface area contributed by atoms with Gasteiger partial charge in [0, 0.05) is 17.7 Å². The first-order chi connectivity index (χ1) is 15.9. The fourth-order valence-corrected chi connectivity index (χ4v) is 3.98. The third kappa shape index (κ3) is 3.92. The van der Waals surface area contributed by atoms with Gasteiger partial charge in [0.15, 0.2) is 11.3 Å². The zero-order valence-electron chi connectivity index (χ0n) is 17.5. The molecule has 2 atom stereocenters. The third-order valence-electron chi connectivity index (χ3n) is 5.61. The van der Waals surface area contributed by atoms with E-state index in [4.69, 9.17) is 4.74 Å². The molecule has 1 heterocycles. The molecule has 0 fully saturated rings. The molecule has 166 valence electrons. The monoisotopic (exact) mass is 446 g/mol. The molecule has 1 aliphatic heterocycles. The highest BCUT2D eigenvalue weighted by Gasteiger charge is 2.49. The number of methoxy groups -OCH3 is 1. The van der Waals surface area contributed by atoms with Crippen LogP contribution in [0.25, 0.3) is 0 Å². The summed E-state index contributed by atoms with van der Waals surface area (Å²) in [5.74, 6) is -1.95. The Morgan fingerprint density at radius 1 is 1.00 bits per heavy atom. The van der Waals surface area contributed by atoms with Crippen molar-refractivity contribution in [1.29, 1.82) is 0 Å². The number of ether oxygens (including phenoxy) is 1. The zero-order valence-corrected chi connectivity index (χ0v) is 17.5. The molecule has 7 nitrogen and oxygen atoms in total. The van der Waals surface area contributed by atoms with Crippen molar-refractivity contribution in [3.05, 3.63) is 123 Å². The number of nitrogens with one attached hydrogen (secondary N) is 1. The largest absolute Gasteiger partial charge is 0.467 e. The Kier molecular flexibility index (Phi) is 5.85. The maximum atomic E-state index is 14.5. The Hall–Kier alpha value is -4.17. The van der Waals surface area contributed by atoms with Crippen LogP contribution in [0.1, 0.15) is 27.5 Å². The van der Waals surface area contributed by atoms with E-state index >= 15 is 0 Å². The van der Waals surface area contributed by atoms with Crippen LogP contribution in [0.15, 0.2) is 90.5 Å². The maximum Gasteiger partial charge on any atom is 0.334 e. The van der Waals surface area contributed by atoms with Crippen molar-refractivity contribution in [1.82, 2.24) is 5.32 Å². The summed E-state index contributed by atoms with van der Waals surface area (Å²) in [5.41, 5.74) is -0.628. The van der Waals surface area contributed by atoms with E-state index in [0.717, 1.165) is 0 Å². The van der Waals surface area contributed by atoms with E-state index in [1.807, 2.05) is 0 Å². The summed E-state index contributed by atoms with van der Waals surface area (Å²) in [5, 5.41) is 14.2. The minimum atomic E-state index is -1.52. The first-order valence-corrected chi connectivity index (χ1v) is 10.1. The molecule has 0 spiro atoms. The Labute approximate surface area is 188 Å². The van der Waals surface area contributed by atoms with Gasteiger partial charge in [-0.1, -0.05) is 54.6 Å². The van der Waals surface area contributed by atoms with E-state index in [2.05, 4.69) is 5.32 Å². The van der Waals surface area contributed by atoms with Gasteiger partial charge in [0.25, 0.3) is 5.69 Å².